The lowest BCUT2D eigenvalue weighted by Gasteiger charge is -2.12. The van der Waals surface area contributed by atoms with E-state index in [1.165, 1.54) is 6.20 Å². The Morgan fingerprint density at radius 3 is 2.30 bits per heavy atom. The summed E-state index contributed by atoms with van der Waals surface area (Å²) in [5.74, 6) is -0.597. The minimum atomic E-state index is -0.327. The molecule has 2 amide bonds. The molecular weight excluding hydrogens is 340 g/mol. The lowest BCUT2D eigenvalue weighted by Crippen LogP contribution is -2.33. The van der Waals surface area contributed by atoms with Crippen LogP contribution in [0.25, 0.3) is 5.69 Å². The number of carbonyl (C=O) groups excluding carboxylic acids is 2. The van der Waals surface area contributed by atoms with E-state index in [0.29, 0.717) is 11.3 Å². The van der Waals surface area contributed by atoms with E-state index in [1.807, 2.05) is 69.3 Å². The first-order valence-electron chi connectivity index (χ1n) is 8.71. The van der Waals surface area contributed by atoms with Crippen molar-refractivity contribution in [3.63, 3.8) is 0 Å². The fourth-order valence-corrected chi connectivity index (χ4v) is 2.91. The van der Waals surface area contributed by atoms with Gasteiger partial charge in [-0.05, 0) is 44.0 Å². The minimum Gasteiger partial charge on any atom is -0.343 e. The van der Waals surface area contributed by atoms with E-state index in [4.69, 9.17) is 0 Å². The molecule has 0 saturated carbocycles. The molecule has 0 fully saturated rings. The van der Waals surface area contributed by atoms with E-state index in [-0.39, 0.29) is 18.4 Å². The molecule has 6 heteroatoms. The summed E-state index contributed by atoms with van der Waals surface area (Å²) < 4.78 is 1.70. The van der Waals surface area contributed by atoms with Gasteiger partial charge in [-0.25, -0.2) is 4.68 Å². The summed E-state index contributed by atoms with van der Waals surface area (Å²) in [6.45, 7) is 5.58. The van der Waals surface area contributed by atoms with Crippen molar-refractivity contribution in [2.75, 3.05) is 11.9 Å². The molecule has 0 spiro atoms. The summed E-state index contributed by atoms with van der Waals surface area (Å²) >= 11 is 0. The van der Waals surface area contributed by atoms with Gasteiger partial charge in [0.1, 0.15) is 0 Å². The maximum absolute atomic E-state index is 12.5. The van der Waals surface area contributed by atoms with Gasteiger partial charge in [-0.15, -0.1) is 0 Å². The molecule has 0 radical (unpaired) electrons. The Morgan fingerprint density at radius 1 is 0.963 bits per heavy atom. The highest BCUT2D eigenvalue weighted by Crippen LogP contribution is 2.19. The first-order valence-corrected chi connectivity index (χ1v) is 8.71. The zero-order valence-corrected chi connectivity index (χ0v) is 15.6. The quantitative estimate of drug-likeness (QED) is 0.732. The summed E-state index contributed by atoms with van der Waals surface area (Å²) in [6.07, 6.45) is 1.51. The number of benzene rings is 2. The van der Waals surface area contributed by atoms with Crippen LogP contribution >= 0.6 is 0 Å². The molecule has 3 rings (SSSR count). The van der Waals surface area contributed by atoms with Gasteiger partial charge in [0, 0.05) is 5.69 Å². The Kier molecular flexibility index (Phi) is 5.35. The number of para-hydroxylation sites is 2. The molecule has 0 atom stereocenters. The smallest absolute Gasteiger partial charge is 0.255 e. The number of carbonyl (C=O) groups is 2. The van der Waals surface area contributed by atoms with Gasteiger partial charge < -0.3 is 10.6 Å². The SMILES string of the molecule is Cc1cccc(C)c1NC(=O)CNC(=O)c1cnn(-c2ccccc2)c1C. The molecule has 138 valence electrons. The van der Waals surface area contributed by atoms with Crippen LogP contribution in [0, 0.1) is 20.8 Å². The largest absolute Gasteiger partial charge is 0.343 e. The van der Waals surface area contributed by atoms with Crippen molar-refractivity contribution in [2.45, 2.75) is 20.8 Å². The molecule has 1 aromatic heterocycles. The predicted molar refractivity (Wildman–Crippen MR) is 105 cm³/mol. The molecule has 0 aliphatic heterocycles. The van der Waals surface area contributed by atoms with Crippen LogP contribution in [0.3, 0.4) is 0 Å². The Hall–Kier alpha value is -3.41. The molecule has 0 bridgehead atoms. The summed E-state index contributed by atoms with van der Waals surface area (Å²) in [5.41, 5.74) is 4.78. The third-order valence-electron chi connectivity index (χ3n) is 4.41. The van der Waals surface area contributed by atoms with Crippen LogP contribution in [0.2, 0.25) is 0 Å². The van der Waals surface area contributed by atoms with Gasteiger partial charge in [0.15, 0.2) is 0 Å². The van der Waals surface area contributed by atoms with Gasteiger partial charge in [0.2, 0.25) is 5.91 Å². The molecule has 6 nitrogen and oxygen atoms in total. The molecule has 3 aromatic rings. The van der Waals surface area contributed by atoms with Crippen LogP contribution < -0.4 is 10.6 Å². The van der Waals surface area contributed by atoms with E-state index >= 15 is 0 Å². The minimum absolute atomic E-state index is 0.109. The van der Waals surface area contributed by atoms with Gasteiger partial charge >= 0.3 is 0 Å². The summed E-state index contributed by atoms with van der Waals surface area (Å²) in [7, 11) is 0. The second-order valence-electron chi connectivity index (χ2n) is 6.39. The standard InChI is InChI=1S/C21H22N4O2/c1-14-8-7-9-15(2)20(14)24-19(26)13-22-21(27)18-12-23-25(16(18)3)17-10-5-4-6-11-17/h4-12H,13H2,1-3H3,(H,22,27)(H,24,26). The Balaban J connectivity index is 1.65. The topological polar surface area (TPSA) is 76.0 Å². The first-order chi connectivity index (χ1) is 13.0. The third kappa shape index (κ3) is 4.06. The monoisotopic (exact) mass is 362 g/mol. The van der Waals surface area contributed by atoms with Crippen molar-refractivity contribution in [1.29, 1.82) is 0 Å². The normalized spacial score (nSPS) is 10.5. The number of aryl methyl sites for hydroxylation is 2. The molecule has 0 unspecified atom stereocenters. The molecular formula is C21H22N4O2. The van der Waals surface area contributed by atoms with Gasteiger partial charge in [-0.2, -0.15) is 5.10 Å². The second-order valence-corrected chi connectivity index (χ2v) is 6.39. The average molecular weight is 362 g/mol. The van der Waals surface area contributed by atoms with Gasteiger partial charge in [0.05, 0.1) is 29.7 Å². The van der Waals surface area contributed by atoms with E-state index in [1.54, 1.807) is 4.68 Å². The molecule has 0 aliphatic carbocycles. The van der Waals surface area contributed by atoms with E-state index in [0.717, 1.165) is 22.5 Å². The lowest BCUT2D eigenvalue weighted by molar-refractivity contribution is -0.115. The maximum Gasteiger partial charge on any atom is 0.255 e. The highest BCUT2D eigenvalue weighted by atomic mass is 16.2. The molecule has 2 aromatic carbocycles. The van der Waals surface area contributed by atoms with E-state index < -0.39 is 0 Å². The van der Waals surface area contributed by atoms with Crippen LogP contribution in [0.1, 0.15) is 27.2 Å². The van der Waals surface area contributed by atoms with Crippen LogP contribution in [0.4, 0.5) is 5.69 Å². The third-order valence-corrected chi connectivity index (χ3v) is 4.41. The number of hydrogen-bond acceptors (Lipinski definition) is 3. The molecule has 2 N–H and O–H groups in total. The number of anilines is 1. The second kappa shape index (κ2) is 7.86. The summed E-state index contributed by atoms with van der Waals surface area (Å²) in [6, 6.07) is 15.4. The number of hydrogen-bond donors (Lipinski definition) is 2. The van der Waals surface area contributed by atoms with Gasteiger partial charge in [0.25, 0.3) is 5.91 Å². The van der Waals surface area contributed by atoms with E-state index in [9.17, 15) is 9.59 Å². The number of nitrogens with zero attached hydrogens (tertiary/aromatic N) is 2. The van der Waals surface area contributed by atoms with Crippen molar-refractivity contribution < 1.29 is 9.59 Å². The van der Waals surface area contributed by atoms with Crippen molar-refractivity contribution in [3.8, 4) is 5.69 Å². The van der Waals surface area contributed by atoms with Crippen molar-refractivity contribution in [1.82, 2.24) is 15.1 Å². The summed E-state index contributed by atoms with van der Waals surface area (Å²) in [4.78, 5) is 24.7. The maximum atomic E-state index is 12.5. The molecule has 27 heavy (non-hydrogen) atoms. The molecule has 0 saturated heterocycles. The predicted octanol–water partition coefficient (Wildman–Crippen LogP) is 3.17. The fraction of sp³-hybridized carbons (Fsp3) is 0.190. The zero-order valence-electron chi connectivity index (χ0n) is 15.6. The fourth-order valence-electron chi connectivity index (χ4n) is 2.91. The van der Waals surface area contributed by atoms with Crippen LogP contribution in [-0.2, 0) is 4.79 Å². The summed E-state index contributed by atoms with van der Waals surface area (Å²) in [5, 5.41) is 9.80. The Bertz CT molecular complexity index is 957. The highest BCUT2D eigenvalue weighted by Gasteiger charge is 2.16. The Morgan fingerprint density at radius 2 is 1.63 bits per heavy atom. The zero-order chi connectivity index (χ0) is 19.4. The van der Waals surface area contributed by atoms with Crippen molar-refractivity contribution >= 4 is 17.5 Å². The lowest BCUT2D eigenvalue weighted by atomic mass is 10.1. The Labute approximate surface area is 158 Å². The number of amides is 2. The van der Waals surface area contributed by atoms with E-state index in [2.05, 4.69) is 15.7 Å². The van der Waals surface area contributed by atoms with Crippen LogP contribution in [-0.4, -0.2) is 28.1 Å². The number of aromatic nitrogens is 2. The molecule has 1 heterocycles. The highest BCUT2D eigenvalue weighted by molar-refractivity contribution is 6.00. The molecule has 0 aliphatic rings. The first kappa shape index (κ1) is 18.4. The van der Waals surface area contributed by atoms with Crippen molar-refractivity contribution in [3.05, 3.63) is 77.1 Å². The van der Waals surface area contributed by atoms with Crippen LogP contribution in [0.5, 0.6) is 0 Å². The van der Waals surface area contributed by atoms with Gasteiger partial charge in [-0.1, -0.05) is 36.4 Å². The van der Waals surface area contributed by atoms with Crippen molar-refractivity contribution in [2.24, 2.45) is 0 Å². The van der Waals surface area contributed by atoms with Gasteiger partial charge in [-0.3, -0.25) is 9.59 Å². The number of nitrogens with one attached hydrogen (secondary N) is 2. The number of rotatable bonds is 5. The van der Waals surface area contributed by atoms with Crippen LogP contribution in [0.15, 0.2) is 54.7 Å². The average Bonchev–Trinajstić information content (AvgIpc) is 3.05.